The lowest BCUT2D eigenvalue weighted by molar-refractivity contribution is 0.0210. The third-order valence-electron chi connectivity index (χ3n) is 4.78. The Kier molecular flexibility index (Phi) is 7.38. The van der Waals surface area contributed by atoms with Crippen LogP contribution in [0.1, 0.15) is 49.5 Å². The summed E-state index contributed by atoms with van der Waals surface area (Å²) < 4.78 is 10.7. The summed E-state index contributed by atoms with van der Waals surface area (Å²) in [5.74, 6) is 0.0347. The molecule has 1 amide bonds. The first-order chi connectivity index (χ1) is 14.7. The van der Waals surface area contributed by atoms with Crippen molar-refractivity contribution in [2.24, 2.45) is 0 Å². The highest BCUT2D eigenvalue weighted by Gasteiger charge is 2.27. The quantitative estimate of drug-likeness (QED) is 0.659. The number of nitrogens with zero attached hydrogens (tertiary/aromatic N) is 2. The van der Waals surface area contributed by atoms with E-state index in [-0.39, 0.29) is 18.7 Å². The maximum atomic E-state index is 12.3. The first-order valence-corrected chi connectivity index (χ1v) is 10.7. The molecule has 0 saturated carbocycles. The van der Waals surface area contributed by atoms with Gasteiger partial charge in [-0.2, -0.15) is 0 Å². The topological polar surface area (TPSA) is 80.8 Å². The van der Waals surface area contributed by atoms with Crippen LogP contribution in [0.5, 0.6) is 0 Å². The summed E-state index contributed by atoms with van der Waals surface area (Å²) in [6.07, 6.45) is 2.66. The van der Waals surface area contributed by atoms with Crippen LogP contribution in [0.25, 0.3) is 0 Å². The Labute approximate surface area is 187 Å². The fourth-order valence-electron chi connectivity index (χ4n) is 3.19. The number of likely N-dealkylation sites (tertiary alicyclic amines) is 1. The molecule has 0 radical (unpaired) electrons. The predicted molar refractivity (Wildman–Crippen MR) is 119 cm³/mol. The van der Waals surface area contributed by atoms with Crippen LogP contribution in [0.4, 0.5) is 10.6 Å². The first-order valence-electron chi connectivity index (χ1n) is 10.3. The molecule has 1 saturated heterocycles. The number of hydrogen-bond acceptors (Lipinski definition) is 6. The fourth-order valence-corrected chi connectivity index (χ4v) is 3.41. The molecule has 166 valence electrons. The summed E-state index contributed by atoms with van der Waals surface area (Å²) >= 11 is 6.34. The van der Waals surface area contributed by atoms with Gasteiger partial charge in [0.05, 0.1) is 10.6 Å². The number of anilines is 1. The van der Waals surface area contributed by atoms with Gasteiger partial charge in [0.2, 0.25) is 0 Å². The molecule has 0 unspecified atom stereocenters. The number of carbonyl (C=O) groups excluding carboxylic acids is 2. The molecular formula is C23H28ClN3O4. The van der Waals surface area contributed by atoms with Gasteiger partial charge in [-0.25, -0.2) is 14.6 Å². The van der Waals surface area contributed by atoms with Gasteiger partial charge in [0, 0.05) is 25.3 Å². The second-order valence-electron chi connectivity index (χ2n) is 8.50. The van der Waals surface area contributed by atoms with E-state index in [1.165, 1.54) is 6.20 Å². The minimum absolute atomic E-state index is 0.125. The molecule has 0 bridgehead atoms. The predicted octanol–water partition coefficient (Wildman–Crippen LogP) is 4.90. The van der Waals surface area contributed by atoms with Gasteiger partial charge in [-0.05, 0) is 45.2 Å². The largest absolute Gasteiger partial charge is 0.457 e. The number of rotatable bonds is 5. The molecule has 3 rings (SSSR count). The van der Waals surface area contributed by atoms with Crippen LogP contribution in [-0.2, 0) is 16.1 Å². The van der Waals surface area contributed by atoms with Crippen molar-refractivity contribution < 1.29 is 19.1 Å². The second kappa shape index (κ2) is 10.0. The van der Waals surface area contributed by atoms with Crippen molar-refractivity contribution in [3.63, 3.8) is 0 Å². The van der Waals surface area contributed by atoms with Crippen LogP contribution < -0.4 is 5.32 Å². The van der Waals surface area contributed by atoms with Gasteiger partial charge in [-0.1, -0.05) is 41.9 Å². The zero-order valence-corrected chi connectivity index (χ0v) is 18.8. The van der Waals surface area contributed by atoms with Crippen LogP contribution in [0.2, 0.25) is 5.02 Å². The third kappa shape index (κ3) is 6.85. The number of pyridine rings is 1. The minimum Gasteiger partial charge on any atom is -0.457 e. The number of benzene rings is 1. The van der Waals surface area contributed by atoms with Crippen LogP contribution in [-0.4, -0.2) is 46.7 Å². The van der Waals surface area contributed by atoms with E-state index in [4.69, 9.17) is 21.1 Å². The Morgan fingerprint density at radius 3 is 2.48 bits per heavy atom. The number of esters is 1. The van der Waals surface area contributed by atoms with Crippen molar-refractivity contribution in [3.8, 4) is 0 Å². The maximum Gasteiger partial charge on any atom is 0.410 e. The average Bonchev–Trinajstić information content (AvgIpc) is 2.73. The molecule has 8 heteroatoms. The molecule has 1 aliphatic heterocycles. The number of aromatic nitrogens is 1. The van der Waals surface area contributed by atoms with E-state index >= 15 is 0 Å². The van der Waals surface area contributed by atoms with E-state index in [1.807, 2.05) is 51.1 Å². The molecule has 7 nitrogen and oxygen atoms in total. The molecule has 0 spiro atoms. The third-order valence-corrected chi connectivity index (χ3v) is 5.07. The average molecular weight is 446 g/mol. The highest BCUT2D eigenvalue weighted by atomic mass is 35.5. The number of piperidine rings is 1. The summed E-state index contributed by atoms with van der Waals surface area (Å²) in [5.41, 5.74) is 0.699. The molecule has 1 aliphatic rings. The first kappa shape index (κ1) is 22.9. The molecule has 1 N–H and O–H groups in total. The lowest BCUT2D eigenvalue weighted by Crippen LogP contribution is -2.44. The van der Waals surface area contributed by atoms with Crippen LogP contribution >= 0.6 is 11.6 Å². The molecule has 0 atom stereocenters. The van der Waals surface area contributed by atoms with E-state index in [1.54, 1.807) is 11.0 Å². The molecule has 0 aliphatic carbocycles. The molecule has 1 aromatic carbocycles. The Morgan fingerprint density at radius 2 is 1.87 bits per heavy atom. The Bertz CT molecular complexity index is 907. The maximum absolute atomic E-state index is 12.3. The number of carbonyl (C=O) groups is 2. The molecule has 1 aromatic heterocycles. The summed E-state index contributed by atoms with van der Waals surface area (Å²) in [6.45, 7) is 6.94. The lowest BCUT2D eigenvalue weighted by Gasteiger charge is -2.34. The van der Waals surface area contributed by atoms with Crippen molar-refractivity contribution in [2.75, 3.05) is 18.4 Å². The Morgan fingerprint density at radius 1 is 1.19 bits per heavy atom. The lowest BCUT2D eigenvalue weighted by atomic mass is 10.1. The van der Waals surface area contributed by atoms with E-state index in [2.05, 4.69) is 10.3 Å². The van der Waals surface area contributed by atoms with Crippen molar-refractivity contribution in [3.05, 3.63) is 58.7 Å². The zero-order chi connectivity index (χ0) is 22.4. The number of nitrogens with one attached hydrogen (secondary N) is 1. The van der Waals surface area contributed by atoms with Crippen LogP contribution in [0.15, 0.2) is 42.6 Å². The van der Waals surface area contributed by atoms with E-state index in [0.29, 0.717) is 29.5 Å². The van der Waals surface area contributed by atoms with Gasteiger partial charge in [-0.15, -0.1) is 0 Å². The second-order valence-corrected chi connectivity index (χ2v) is 8.91. The van der Waals surface area contributed by atoms with Gasteiger partial charge < -0.3 is 19.7 Å². The smallest absolute Gasteiger partial charge is 0.410 e. The normalized spacial score (nSPS) is 14.8. The summed E-state index contributed by atoms with van der Waals surface area (Å²) in [7, 11) is 0. The van der Waals surface area contributed by atoms with Crippen LogP contribution in [0, 0.1) is 0 Å². The molecule has 31 heavy (non-hydrogen) atoms. The van der Waals surface area contributed by atoms with E-state index in [9.17, 15) is 9.59 Å². The van der Waals surface area contributed by atoms with Crippen molar-refractivity contribution in [1.82, 2.24) is 9.88 Å². The fraction of sp³-hybridized carbons (Fsp3) is 0.435. The van der Waals surface area contributed by atoms with Crippen molar-refractivity contribution in [2.45, 2.75) is 51.9 Å². The highest BCUT2D eigenvalue weighted by molar-refractivity contribution is 6.33. The number of halogens is 1. The van der Waals surface area contributed by atoms with E-state index < -0.39 is 11.6 Å². The van der Waals surface area contributed by atoms with Gasteiger partial charge in [0.25, 0.3) is 0 Å². The standard InChI is InChI=1S/C23H28ClN3O4/c1-23(2,3)31-22(29)27-11-9-18(10-12-27)26-20-19(24)13-17(14-25-20)21(28)30-15-16-7-5-4-6-8-16/h4-8,13-14,18H,9-12,15H2,1-3H3,(H,25,26). The van der Waals surface area contributed by atoms with Crippen molar-refractivity contribution in [1.29, 1.82) is 0 Å². The number of ether oxygens (including phenoxy) is 2. The van der Waals surface area contributed by atoms with Gasteiger partial charge >= 0.3 is 12.1 Å². The molecule has 2 heterocycles. The van der Waals surface area contributed by atoms with Gasteiger partial charge in [0.15, 0.2) is 0 Å². The van der Waals surface area contributed by atoms with Crippen molar-refractivity contribution >= 4 is 29.5 Å². The monoisotopic (exact) mass is 445 g/mol. The highest BCUT2D eigenvalue weighted by Crippen LogP contribution is 2.24. The Balaban J connectivity index is 1.50. The molecular weight excluding hydrogens is 418 g/mol. The van der Waals surface area contributed by atoms with Crippen LogP contribution in [0.3, 0.4) is 0 Å². The summed E-state index contributed by atoms with van der Waals surface area (Å²) in [4.78, 5) is 30.5. The Hall–Kier alpha value is -2.80. The summed E-state index contributed by atoms with van der Waals surface area (Å²) in [5, 5.41) is 3.66. The molecule has 2 aromatic rings. The number of amides is 1. The number of hydrogen-bond donors (Lipinski definition) is 1. The SMILES string of the molecule is CC(C)(C)OC(=O)N1CCC(Nc2ncc(C(=O)OCc3ccccc3)cc2Cl)CC1. The summed E-state index contributed by atoms with van der Waals surface area (Å²) in [6, 6.07) is 11.1. The minimum atomic E-state index is -0.506. The van der Waals surface area contributed by atoms with Gasteiger partial charge in [-0.3, -0.25) is 0 Å². The van der Waals surface area contributed by atoms with Gasteiger partial charge in [0.1, 0.15) is 18.0 Å². The molecule has 1 fully saturated rings. The zero-order valence-electron chi connectivity index (χ0n) is 18.1. The van der Waals surface area contributed by atoms with E-state index in [0.717, 1.165) is 18.4 Å².